The molecule has 0 bridgehead atoms. The molecule has 120 valence electrons. The summed E-state index contributed by atoms with van der Waals surface area (Å²) in [5.74, 6) is -0.273. The third-order valence-electron chi connectivity index (χ3n) is 3.03. The Hall–Kier alpha value is -2.89. The summed E-state index contributed by atoms with van der Waals surface area (Å²) >= 11 is 0. The van der Waals surface area contributed by atoms with Gasteiger partial charge in [0, 0.05) is 24.8 Å². The van der Waals surface area contributed by atoms with Crippen molar-refractivity contribution in [2.75, 3.05) is 17.2 Å². The molecule has 0 aliphatic heterocycles. The number of anilines is 3. The van der Waals surface area contributed by atoms with Crippen LogP contribution in [0.3, 0.4) is 0 Å². The lowest BCUT2D eigenvalue weighted by Crippen LogP contribution is -2.24. The first-order valence-corrected chi connectivity index (χ1v) is 7.47. The van der Waals surface area contributed by atoms with E-state index >= 15 is 0 Å². The molecule has 0 atom stereocenters. The normalized spacial score (nSPS) is 10.0. The Labute approximate surface area is 135 Å². The molecule has 0 aliphatic carbocycles. The molecule has 6 nitrogen and oxygen atoms in total. The number of carbonyl (C=O) groups is 2. The molecule has 1 aromatic heterocycles. The standard InChI is InChI=1S/C17H20N4O2/c1-3-10-18-17(23)16-9-8-15(11-19-16)21-14-6-4-13(5-7-14)20-12(2)22/h4-9,11,21H,3,10H2,1-2H3,(H,18,23)(H,20,22). The molecule has 23 heavy (non-hydrogen) atoms. The molecule has 0 spiro atoms. The molecule has 3 N–H and O–H groups in total. The van der Waals surface area contributed by atoms with Gasteiger partial charge in [-0.05, 0) is 42.8 Å². The first-order chi connectivity index (χ1) is 11.1. The van der Waals surface area contributed by atoms with Crippen molar-refractivity contribution in [3.63, 3.8) is 0 Å². The maximum Gasteiger partial charge on any atom is 0.269 e. The van der Waals surface area contributed by atoms with Gasteiger partial charge in [0.1, 0.15) is 5.69 Å². The van der Waals surface area contributed by atoms with Crippen molar-refractivity contribution >= 4 is 28.9 Å². The van der Waals surface area contributed by atoms with Crippen molar-refractivity contribution in [1.29, 1.82) is 0 Å². The van der Waals surface area contributed by atoms with Crippen molar-refractivity contribution in [2.24, 2.45) is 0 Å². The maximum atomic E-state index is 11.8. The van der Waals surface area contributed by atoms with Crippen LogP contribution in [0, 0.1) is 0 Å². The molecule has 1 aromatic carbocycles. The highest BCUT2D eigenvalue weighted by Crippen LogP contribution is 2.18. The number of pyridine rings is 1. The van der Waals surface area contributed by atoms with Gasteiger partial charge in [-0.25, -0.2) is 4.98 Å². The fraction of sp³-hybridized carbons (Fsp3) is 0.235. The molecule has 1 heterocycles. The van der Waals surface area contributed by atoms with Gasteiger partial charge < -0.3 is 16.0 Å². The molecular weight excluding hydrogens is 292 g/mol. The Morgan fingerprint density at radius 2 is 1.65 bits per heavy atom. The number of hydrogen-bond donors (Lipinski definition) is 3. The Morgan fingerprint density at radius 3 is 2.22 bits per heavy atom. The topological polar surface area (TPSA) is 83.1 Å². The van der Waals surface area contributed by atoms with Gasteiger partial charge in [0.15, 0.2) is 0 Å². The molecule has 0 unspecified atom stereocenters. The Morgan fingerprint density at radius 1 is 1.00 bits per heavy atom. The number of aromatic nitrogens is 1. The van der Waals surface area contributed by atoms with E-state index in [0.29, 0.717) is 12.2 Å². The van der Waals surface area contributed by atoms with Crippen LogP contribution in [0.25, 0.3) is 0 Å². The van der Waals surface area contributed by atoms with Crippen LogP contribution < -0.4 is 16.0 Å². The van der Waals surface area contributed by atoms with E-state index in [0.717, 1.165) is 23.5 Å². The smallest absolute Gasteiger partial charge is 0.269 e. The Bertz CT molecular complexity index is 666. The summed E-state index contributed by atoms with van der Waals surface area (Å²) in [6.07, 6.45) is 2.50. The van der Waals surface area contributed by atoms with Crippen LogP contribution in [0.2, 0.25) is 0 Å². The summed E-state index contributed by atoms with van der Waals surface area (Å²) in [5, 5.41) is 8.68. The van der Waals surface area contributed by atoms with E-state index in [4.69, 9.17) is 0 Å². The lowest BCUT2D eigenvalue weighted by Gasteiger charge is -2.08. The number of hydrogen-bond acceptors (Lipinski definition) is 4. The summed E-state index contributed by atoms with van der Waals surface area (Å²) in [6, 6.07) is 10.8. The quantitative estimate of drug-likeness (QED) is 0.766. The molecule has 0 radical (unpaired) electrons. The number of benzene rings is 1. The van der Waals surface area contributed by atoms with E-state index < -0.39 is 0 Å². The minimum atomic E-state index is -0.168. The SMILES string of the molecule is CCCNC(=O)c1ccc(Nc2ccc(NC(C)=O)cc2)cn1. The Kier molecular flexibility index (Phi) is 5.68. The highest BCUT2D eigenvalue weighted by molar-refractivity contribution is 5.92. The number of amides is 2. The van der Waals surface area contributed by atoms with E-state index in [2.05, 4.69) is 20.9 Å². The maximum absolute atomic E-state index is 11.8. The predicted octanol–water partition coefficient (Wildman–Crippen LogP) is 2.92. The van der Waals surface area contributed by atoms with Crippen LogP contribution in [0.1, 0.15) is 30.8 Å². The third kappa shape index (κ3) is 5.10. The minimum absolute atomic E-state index is 0.105. The van der Waals surface area contributed by atoms with Gasteiger partial charge in [-0.1, -0.05) is 6.92 Å². The molecule has 6 heteroatoms. The van der Waals surface area contributed by atoms with Crippen LogP contribution in [0.4, 0.5) is 17.1 Å². The molecule has 0 aliphatic rings. The zero-order chi connectivity index (χ0) is 16.7. The molecule has 0 saturated heterocycles. The lowest BCUT2D eigenvalue weighted by molar-refractivity contribution is -0.114. The second-order valence-electron chi connectivity index (χ2n) is 5.07. The zero-order valence-corrected chi connectivity index (χ0v) is 13.2. The van der Waals surface area contributed by atoms with E-state index in [-0.39, 0.29) is 11.8 Å². The highest BCUT2D eigenvalue weighted by atomic mass is 16.2. The molecule has 2 amide bonds. The van der Waals surface area contributed by atoms with Crippen molar-refractivity contribution in [1.82, 2.24) is 10.3 Å². The van der Waals surface area contributed by atoms with Crippen LogP contribution in [-0.2, 0) is 4.79 Å². The highest BCUT2D eigenvalue weighted by Gasteiger charge is 2.06. The summed E-state index contributed by atoms with van der Waals surface area (Å²) in [4.78, 5) is 26.9. The second-order valence-corrected chi connectivity index (χ2v) is 5.07. The van der Waals surface area contributed by atoms with Gasteiger partial charge in [-0.15, -0.1) is 0 Å². The van der Waals surface area contributed by atoms with Crippen LogP contribution in [-0.4, -0.2) is 23.3 Å². The van der Waals surface area contributed by atoms with Gasteiger partial charge in [0.05, 0.1) is 11.9 Å². The van der Waals surface area contributed by atoms with Gasteiger partial charge >= 0.3 is 0 Å². The molecule has 0 fully saturated rings. The van der Waals surface area contributed by atoms with Crippen molar-refractivity contribution < 1.29 is 9.59 Å². The number of carbonyl (C=O) groups excluding carboxylic acids is 2. The minimum Gasteiger partial charge on any atom is -0.354 e. The van der Waals surface area contributed by atoms with Crippen molar-refractivity contribution in [3.05, 3.63) is 48.3 Å². The number of nitrogens with zero attached hydrogens (tertiary/aromatic N) is 1. The van der Waals surface area contributed by atoms with Gasteiger partial charge in [0.2, 0.25) is 5.91 Å². The summed E-state index contributed by atoms with van der Waals surface area (Å²) < 4.78 is 0. The van der Waals surface area contributed by atoms with E-state index in [1.165, 1.54) is 6.92 Å². The first-order valence-electron chi connectivity index (χ1n) is 7.47. The first kappa shape index (κ1) is 16.5. The van der Waals surface area contributed by atoms with Crippen LogP contribution in [0.15, 0.2) is 42.6 Å². The van der Waals surface area contributed by atoms with Crippen molar-refractivity contribution in [3.8, 4) is 0 Å². The van der Waals surface area contributed by atoms with Crippen LogP contribution >= 0.6 is 0 Å². The summed E-state index contributed by atoms with van der Waals surface area (Å²) in [6.45, 7) is 4.11. The molecule has 2 aromatic rings. The molecular formula is C17H20N4O2. The third-order valence-corrected chi connectivity index (χ3v) is 3.03. The van der Waals surface area contributed by atoms with Gasteiger partial charge in [-0.2, -0.15) is 0 Å². The van der Waals surface area contributed by atoms with Crippen molar-refractivity contribution in [2.45, 2.75) is 20.3 Å². The monoisotopic (exact) mass is 312 g/mol. The Balaban J connectivity index is 1.97. The van der Waals surface area contributed by atoms with Gasteiger partial charge in [-0.3, -0.25) is 9.59 Å². The fourth-order valence-corrected chi connectivity index (χ4v) is 1.94. The largest absolute Gasteiger partial charge is 0.354 e. The second kappa shape index (κ2) is 7.93. The van der Waals surface area contributed by atoms with Gasteiger partial charge in [0.25, 0.3) is 5.91 Å². The average Bonchev–Trinajstić information content (AvgIpc) is 2.54. The average molecular weight is 312 g/mol. The van der Waals surface area contributed by atoms with Crippen LogP contribution in [0.5, 0.6) is 0 Å². The fourth-order valence-electron chi connectivity index (χ4n) is 1.94. The lowest BCUT2D eigenvalue weighted by atomic mass is 10.2. The van der Waals surface area contributed by atoms with E-state index in [1.54, 1.807) is 18.3 Å². The number of nitrogens with one attached hydrogen (secondary N) is 3. The molecule has 0 saturated carbocycles. The zero-order valence-electron chi connectivity index (χ0n) is 13.2. The predicted molar refractivity (Wildman–Crippen MR) is 90.9 cm³/mol. The van der Waals surface area contributed by atoms with E-state index in [1.807, 2.05) is 31.2 Å². The number of rotatable bonds is 6. The van der Waals surface area contributed by atoms with E-state index in [9.17, 15) is 9.59 Å². The summed E-state index contributed by atoms with van der Waals surface area (Å²) in [5.41, 5.74) is 2.78. The summed E-state index contributed by atoms with van der Waals surface area (Å²) in [7, 11) is 0. The molecule has 2 rings (SSSR count).